The summed E-state index contributed by atoms with van der Waals surface area (Å²) < 4.78 is 0. The molecular formula is C17H16ClN3. The van der Waals surface area contributed by atoms with Gasteiger partial charge < -0.3 is 5.32 Å². The van der Waals surface area contributed by atoms with Crippen molar-refractivity contribution in [2.24, 2.45) is 0 Å². The number of fused-ring (bicyclic) bond motifs is 1. The highest BCUT2D eigenvalue weighted by atomic mass is 35.5. The fourth-order valence-electron chi connectivity index (χ4n) is 2.32. The van der Waals surface area contributed by atoms with Crippen LogP contribution in [0.2, 0.25) is 5.02 Å². The minimum Gasteiger partial charge on any atom is -0.338 e. The van der Waals surface area contributed by atoms with Crippen LogP contribution in [0.3, 0.4) is 0 Å². The molecule has 3 rings (SSSR count). The lowest BCUT2D eigenvalue weighted by Gasteiger charge is -2.05. The molecule has 3 nitrogen and oxygen atoms in total. The van der Waals surface area contributed by atoms with Crippen LogP contribution in [0.1, 0.15) is 19.4 Å². The molecule has 1 aromatic heterocycles. The summed E-state index contributed by atoms with van der Waals surface area (Å²) in [5.74, 6) is 0.804. The van der Waals surface area contributed by atoms with Crippen molar-refractivity contribution >= 4 is 39.6 Å². The number of para-hydroxylation sites is 1. The van der Waals surface area contributed by atoms with Crippen molar-refractivity contribution < 1.29 is 0 Å². The van der Waals surface area contributed by atoms with Crippen molar-refractivity contribution in [1.29, 1.82) is 0 Å². The van der Waals surface area contributed by atoms with Gasteiger partial charge in [0.05, 0.1) is 5.52 Å². The smallest absolute Gasteiger partial charge is 0.160 e. The molecule has 0 saturated carbocycles. The minimum atomic E-state index is 0.699. The Bertz CT molecular complexity index is 818. The van der Waals surface area contributed by atoms with Crippen molar-refractivity contribution in [3.05, 3.63) is 59.1 Å². The first-order chi connectivity index (χ1) is 10.2. The Balaban J connectivity index is 2.05. The second-order valence-corrected chi connectivity index (χ2v) is 5.34. The third-order valence-corrected chi connectivity index (χ3v) is 3.78. The first-order valence-electron chi connectivity index (χ1n) is 6.82. The topological polar surface area (TPSA) is 40.7 Å². The second-order valence-electron chi connectivity index (χ2n) is 4.91. The molecule has 0 unspecified atom stereocenters. The highest BCUT2D eigenvalue weighted by Crippen LogP contribution is 2.29. The number of hydrogen-bond acceptors (Lipinski definition) is 2. The summed E-state index contributed by atoms with van der Waals surface area (Å²) in [6.07, 6.45) is 2.10. The Morgan fingerprint density at radius 1 is 1.24 bits per heavy atom. The van der Waals surface area contributed by atoms with Gasteiger partial charge in [-0.15, -0.1) is 0 Å². The number of nitrogens with one attached hydrogen (secondary N) is 2. The van der Waals surface area contributed by atoms with Gasteiger partial charge in [-0.1, -0.05) is 35.9 Å². The quantitative estimate of drug-likeness (QED) is 0.681. The maximum absolute atomic E-state index is 6.01. The molecule has 0 radical (unpaired) electrons. The number of benzene rings is 2. The summed E-state index contributed by atoms with van der Waals surface area (Å²) in [5, 5.41) is 12.6. The van der Waals surface area contributed by atoms with Crippen LogP contribution in [0.4, 0.5) is 11.5 Å². The fourth-order valence-corrected chi connectivity index (χ4v) is 2.51. The molecule has 0 aliphatic rings. The molecule has 0 fully saturated rings. The van der Waals surface area contributed by atoms with Gasteiger partial charge in [0.25, 0.3) is 0 Å². The van der Waals surface area contributed by atoms with Crippen LogP contribution in [0.5, 0.6) is 0 Å². The lowest BCUT2D eigenvalue weighted by atomic mass is 10.0. The molecule has 0 amide bonds. The molecule has 0 aliphatic carbocycles. The average molecular weight is 298 g/mol. The predicted octanol–water partition coefficient (Wildman–Crippen LogP) is 5.38. The molecule has 3 aromatic rings. The molecule has 0 atom stereocenters. The number of aromatic nitrogens is 2. The molecule has 0 aliphatic heterocycles. The Morgan fingerprint density at radius 3 is 2.81 bits per heavy atom. The van der Waals surface area contributed by atoms with Crippen LogP contribution < -0.4 is 5.32 Å². The van der Waals surface area contributed by atoms with Gasteiger partial charge in [0.1, 0.15) is 0 Å². The average Bonchev–Trinajstić information content (AvgIpc) is 2.90. The second kappa shape index (κ2) is 5.62. The Labute approximate surface area is 128 Å². The zero-order chi connectivity index (χ0) is 14.8. The summed E-state index contributed by atoms with van der Waals surface area (Å²) in [7, 11) is 0. The van der Waals surface area contributed by atoms with E-state index in [0.29, 0.717) is 5.02 Å². The van der Waals surface area contributed by atoms with Crippen molar-refractivity contribution in [2.45, 2.75) is 13.8 Å². The van der Waals surface area contributed by atoms with E-state index in [0.717, 1.165) is 22.4 Å². The number of hydrogen-bond donors (Lipinski definition) is 2. The van der Waals surface area contributed by atoms with E-state index in [1.807, 2.05) is 37.3 Å². The summed E-state index contributed by atoms with van der Waals surface area (Å²) in [5.41, 5.74) is 4.35. The zero-order valence-electron chi connectivity index (χ0n) is 11.9. The molecule has 4 heteroatoms. The van der Waals surface area contributed by atoms with E-state index >= 15 is 0 Å². The Morgan fingerprint density at radius 2 is 2.05 bits per heavy atom. The largest absolute Gasteiger partial charge is 0.338 e. The van der Waals surface area contributed by atoms with Gasteiger partial charge in [-0.3, -0.25) is 5.10 Å². The summed E-state index contributed by atoms with van der Waals surface area (Å²) >= 11 is 6.01. The van der Waals surface area contributed by atoms with Crippen LogP contribution >= 0.6 is 11.6 Å². The normalized spacial score (nSPS) is 11.9. The molecule has 0 spiro atoms. The lowest BCUT2D eigenvalue weighted by molar-refractivity contribution is 1.12. The van der Waals surface area contributed by atoms with E-state index in [4.69, 9.17) is 11.6 Å². The zero-order valence-corrected chi connectivity index (χ0v) is 12.7. The van der Waals surface area contributed by atoms with Crippen molar-refractivity contribution in [3.63, 3.8) is 0 Å². The van der Waals surface area contributed by atoms with Crippen LogP contribution in [0.25, 0.3) is 16.5 Å². The van der Waals surface area contributed by atoms with E-state index in [1.165, 1.54) is 11.1 Å². The lowest BCUT2D eigenvalue weighted by Crippen LogP contribution is -1.90. The maximum Gasteiger partial charge on any atom is 0.160 e. The van der Waals surface area contributed by atoms with Gasteiger partial charge >= 0.3 is 0 Å². The van der Waals surface area contributed by atoms with E-state index in [-0.39, 0.29) is 0 Å². The summed E-state index contributed by atoms with van der Waals surface area (Å²) in [4.78, 5) is 0. The van der Waals surface area contributed by atoms with E-state index in [1.54, 1.807) is 0 Å². The SMILES string of the molecule is CC=C(C)c1cccc2c(Nc3cccc(Cl)c3)n[nH]c12. The monoisotopic (exact) mass is 297 g/mol. The molecule has 106 valence electrons. The van der Waals surface area contributed by atoms with E-state index in [2.05, 4.69) is 40.6 Å². The molecule has 1 heterocycles. The minimum absolute atomic E-state index is 0.699. The first-order valence-corrected chi connectivity index (χ1v) is 7.20. The molecule has 0 bridgehead atoms. The number of aromatic amines is 1. The number of anilines is 2. The fraction of sp³-hybridized carbons (Fsp3) is 0.118. The van der Waals surface area contributed by atoms with Crippen LogP contribution in [0, 0.1) is 0 Å². The van der Waals surface area contributed by atoms with Crippen molar-refractivity contribution in [1.82, 2.24) is 10.2 Å². The summed E-state index contributed by atoms with van der Waals surface area (Å²) in [6, 6.07) is 13.8. The summed E-state index contributed by atoms with van der Waals surface area (Å²) in [6.45, 7) is 4.13. The first kappa shape index (κ1) is 13.7. The van der Waals surface area contributed by atoms with Crippen LogP contribution in [-0.4, -0.2) is 10.2 Å². The number of allylic oxidation sites excluding steroid dienone is 2. The van der Waals surface area contributed by atoms with Gasteiger partial charge in [-0.2, -0.15) is 5.10 Å². The van der Waals surface area contributed by atoms with Gasteiger partial charge in [0, 0.05) is 21.7 Å². The third-order valence-electron chi connectivity index (χ3n) is 3.54. The molecular weight excluding hydrogens is 282 g/mol. The molecule has 2 N–H and O–H groups in total. The van der Waals surface area contributed by atoms with Crippen LogP contribution in [0.15, 0.2) is 48.5 Å². The van der Waals surface area contributed by atoms with Gasteiger partial charge in [-0.05, 0) is 43.7 Å². The molecule has 21 heavy (non-hydrogen) atoms. The van der Waals surface area contributed by atoms with E-state index in [9.17, 15) is 0 Å². The highest BCUT2D eigenvalue weighted by Gasteiger charge is 2.10. The number of H-pyrrole nitrogens is 1. The molecule has 2 aromatic carbocycles. The van der Waals surface area contributed by atoms with Gasteiger partial charge in [0.15, 0.2) is 5.82 Å². The number of rotatable bonds is 3. The number of halogens is 1. The van der Waals surface area contributed by atoms with Crippen LogP contribution in [-0.2, 0) is 0 Å². The Kier molecular flexibility index (Phi) is 3.67. The van der Waals surface area contributed by atoms with E-state index < -0.39 is 0 Å². The van der Waals surface area contributed by atoms with Gasteiger partial charge in [-0.25, -0.2) is 0 Å². The predicted molar refractivity (Wildman–Crippen MR) is 90.2 cm³/mol. The van der Waals surface area contributed by atoms with Crippen molar-refractivity contribution in [2.75, 3.05) is 5.32 Å². The highest BCUT2D eigenvalue weighted by molar-refractivity contribution is 6.30. The number of nitrogens with zero attached hydrogens (tertiary/aromatic N) is 1. The third kappa shape index (κ3) is 2.65. The van der Waals surface area contributed by atoms with Gasteiger partial charge in [0.2, 0.25) is 0 Å². The standard InChI is InChI=1S/C17H16ClN3/c1-3-11(2)14-8-5-9-15-16(14)20-21-17(15)19-13-7-4-6-12(18)10-13/h3-10H,1-2H3,(H2,19,20,21). The maximum atomic E-state index is 6.01. The Hall–Kier alpha value is -2.26. The molecule has 0 saturated heterocycles. The van der Waals surface area contributed by atoms with Crippen molar-refractivity contribution in [3.8, 4) is 0 Å².